The standard InChI is InChI=1S/C23H26N4O4/c1-16-19(30-2)12-17(13-20(16)31-3)23(29)26-10-8-25(9-11-26)15-18-14-22(28)27-7-5-4-6-21(27)24-18/h4-7,12-14H,8-11,15H2,1-3H3. The first-order chi connectivity index (χ1) is 15.0. The van der Waals surface area contributed by atoms with Crippen molar-refractivity contribution in [2.45, 2.75) is 13.5 Å². The maximum absolute atomic E-state index is 13.0. The first kappa shape index (κ1) is 20.9. The molecular formula is C23H26N4O4. The molecule has 8 heteroatoms. The van der Waals surface area contributed by atoms with E-state index in [4.69, 9.17) is 9.47 Å². The number of fused-ring (bicyclic) bond motifs is 1. The maximum Gasteiger partial charge on any atom is 0.258 e. The molecule has 0 unspecified atom stereocenters. The highest BCUT2D eigenvalue weighted by molar-refractivity contribution is 5.95. The molecule has 1 amide bonds. The van der Waals surface area contributed by atoms with Crippen LogP contribution >= 0.6 is 0 Å². The van der Waals surface area contributed by atoms with Gasteiger partial charge >= 0.3 is 0 Å². The number of carbonyl (C=O) groups excluding carboxylic acids is 1. The van der Waals surface area contributed by atoms with Crippen LogP contribution in [0.1, 0.15) is 21.6 Å². The maximum atomic E-state index is 13.0. The van der Waals surface area contributed by atoms with Gasteiger partial charge in [-0.2, -0.15) is 0 Å². The molecule has 0 N–H and O–H groups in total. The lowest BCUT2D eigenvalue weighted by molar-refractivity contribution is 0.0626. The SMILES string of the molecule is COc1cc(C(=O)N2CCN(Cc3cc(=O)n4ccccc4n3)CC2)cc(OC)c1C. The van der Waals surface area contributed by atoms with Gasteiger partial charge < -0.3 is 14.4 Å². The van der Waals surface area contributed by atoms with E-state index in [1.807, 2.05) is 30.0 Å². The fraction of sp³-hybridized carbons (Fsp3) is 0.348. The predicted molar refractivity (Wildman–Crippen MR) is 117 cm³/mol. The van der Waals surface area contributed by atoms with Gasteiger partial charge in [0.2, 0.25) is 0 Å². The van der Waals surface area contributed by atoms with Crippen LogP contribution in [0.4, 0.5) is 0 Å². The van der Waals surface area contributed by atoms with E-state index in [-0.39, 0.29) is 11.5 Å². The van der Waals surface area contributed by atoms with Crippen molar-refractivity contribution in [2.75, 3.05) is 40.4 Å². The molecule has 0 spiro atoms. The zero-order valence-electron chi connectivity index (χ0n) is 18.0. The Labute approximate surface area is 180 Å². The number of hydrogen-bond acceptors (Lipinski definition) is 6. The normalized spacial score (nSPS) is 14.6. The van der Waals surface area contributed by atoms with Crippen molar-refractivity contribution in [1.29, 1.82) is 0 Å². The van der Waals surface area contributed by atoms with Crippen LogP contribution in [0.25, 0.3) is 5.65 Å². The summed E-state index contributed by atoms with van der Waals surface area (Å²) in [6.45, 7) is 5.10. The molecule has 1 saturated heterocycles. The minimum absolute atomic E-state index is 0.0432. The zero-order valence-corrected chi connectivity index (χ0v) is 18.0. The fourth-order valence-corrected chi connectivity index (χ4v) is 3.91. The van der Waals surface area contributed by atoms with Crippen molar-refractivity contribution in [2.24, 2.45) is 0 Å². The summed E-state index contributed by atoms with van der Waals surface area (Å²) in [5.74, 6) is 1.23. The quantitative estimate of drug-likeness (QED) is 0.626. The molecule has 0 saturated carbocycles. The molecule has 8 nitrogen and oxygen atoms in total. The highest BCUT2D eigenvalue weighted by Gasteiger charge is 2.24. The monoisotopic (exact) mass is 422 g/mol. The number of aromatic nitrogens is 2. The number of ether oxygens (including phenoxy) is 2. The van der Waals surface area contributed by atoms with Crippen molar-refractivity contribution in [3.63, 3.8) is 0 Å². The lowest BCUT2D eigenvalue weighted by Crippen LogP contribution is -2.48. The van der Waals surface area contributed by atoms with Crippen LogP contribution in [0.5, 0.6) is 11.5 Å². The Hall–Kier alpha value is -3.39. The molecule has 1 aliphatic rings. The van der Waals surface area contributed by atoms with Crippen LogP contribution < -0.4 is 15.0 Å². The third kappa shape index (κ3) is 4.25. The highest BCUT2D eigenvalue weighted by Crippen LogP contribution is 2.30. The zero-order chi connectivity index (χ0) is 22.0. The second-order valence-electron chi connectivity index (χ2n) is 7.59. The van der Waals surface area contributed by atoms with Gasteiger partial charge in [0.25, 0.3) is 11.5 Å². The van der Waals surface area contributed by atoms with Crippen LogP contribution in [-0.2, 0) is 6.54 Å². The molecule has 3 aromatic rings. The molecule has 0 atom stereocenters. The highest BCUT2D eigenvalue weighted by atomic mass is 16.5. The van der Waals surface area contributed by atoms with Crippen LogP contribution in [0.2, 0.25) is 0 Å². The van der Waals surface area contributed by atoms with E-state index in [0.717, 1.165) is 11.3 Å². The number of nitrogens with zero attached hydrogens (tertiary/aromatic N) is 4. The lowest BCUT2D eigenvalue weighted by Gasteiger charge is -2.34. The van der Waals surface area contributed by atoms with E-state index in [2.05, 4.69) is 9.88 Å². The van der Waals surface area contributed by atoms with E-state index in [9.17, 15) is 9.59 Å². The first-order valence-electron chi connectivity index (χ1n) is 10.2. The van der Waals surface area contributed by atoms with Gasteiger partial charge in [0.05, 0.1) is 19.9 Å². The van der Waals surface area contributed by atoms with Crippen molar-refractivity contribution in [1.82, 2.24) is 19.2 Å². The Balaban J connectivity index is 1.43. The molecule has 1 fully saturated rings. The summed E-state index contributed by atoms with van der Waals surface area (Å²) in [4.78, 5) is 34.0. The first-order valence-corrected chi connectivity index (χ1v) is 10.2. The van der Waals surface area contributed by atoms with E-state index in [1.54, 1.807) is 38.6 Å². The molecule has 1 aliphatic heterocycles. The molecule has 0 radical (unpaired) electrons. The molecule has 2 aromatic heterocycles. The molecule has 162 valence electrons. The smallest absolute Gasteiger partial charge is 0.258 e. The fourth-order valence-electron chi connectivity index (χ4n) is 3.91. The average molecular weight is 422 g/mol. The topological polar surface area (TPSA) is 76.4 Å². The van der Waals surface area contributed by atoms with Crippen molar-refractivity contribution >= 4 is 11.6 Å². The molecular weight excluding hydrogens is 396 g/mol. The predicted octanol–water partition coefficient (Wildman–Crippen LogP) is 1.98. The Morgan fingerprint density at radius 2 is 1.71 bits per heavy atom. The summed E-state index contributed by atoms with van der Waals surface area (Å²) >= 11 is 0. The Morgan fingerprint density at radius 3 is 2.35 bits per heavy atom. The lowest BCUT2D eigenvalue weighted by atomic mass is 10.1. The molecule has 1 aromatic carbocycles. The Kier molecular flexibility index (Phi) is 5.90. The molecule has 3 heterocycles. The number of hydrogen-bond donors (Lipinski definition) is 0. The van der Waals surface area contributed by atoms with Crippen molar-refractivity contribution < 1.29 is 14.3 Å². The van der Waals surface area contributed by atoms with Crippen molar-refractivity contribution in [3.8, 4) is 11.5 Å². The summed E-state index contributed by atoms with van der Waals surface area (Å²) in [7, 11) is 3.17. The van der Waals surface area contributed by atoms with Crippen molar-refractivity contribution in [3.05, 3.63) is 69.8 Å². The minimum atomic E-state index is -0.0864. The third-order valence-corrected chi connectivity index (χ3v) is 5.67. The summed E-state index contributed by atoms with van der Waals surface area (Å²) in [5, 5.41) is 0. The number of carbonyl (C=O) groups is 1. The largest absolute Gasteiger partial charge is 0.496 e. The number of pyridine rings is 1. The van der Waals surface area contributed by atoms with Gasteiger partial charge in [-0.15, -0.1) is 0 Å². The van der Waals surface area contributed by atoms with Crippen LogP contribution in [0.3, 0.4) is 0 Å². The number of methoxy groups -OCH3 is 2. The van der Waals surface area contributed by atoms with E-state index < -0.39 is 0 Å². The number of piperazine rings is 1. The molecule has 0 aliphatic carbocycles. The number of amides is 1. The average Bonchev–Trinajstić information content (AvgIpc) is 2.79. The number of benzene rings is 1. The van der Waals surface area contributed by atoms with Gasteiger partial charge in [-0.25, -0.2) is 4.98 Å². The van der Waals surface area contributed by atoms with Crippen LogP contribution in [-0.4, -0.2) is 65.5 Å². The second kappa shape index (κ2) is 8.77. The number of rotatable bonds is 5. The summed E-state index contributed by atoms with van der Waals surface area (Å²) in [6.07, 6.45) is 1.72. The van der Waals surface area contributed by atoms with Gasteiger partial charge in [-0.3, -0.25) is 18.9 Å². The van der Waals surface area contributed by atoms with E-state index in [0.29, 0.717) is 55.4 Å². The third-order valence-electron chi connectivity index (χ3n) is 5.67. The van der Waals surface area contributed by atoms with Gasteiger partial charge in [-0.05, 0) is 31.2 Å². The van der Waals surface area contributed by atoms with Gasteiger partial charge in [0.1, 0.15) is 17.1 Å². The molecule has 4 rings (SSSR count). The molecule has 31 heavy (non-hydrogen) atoms. The summed E-state index contributed by atoms with van der Waals surface area (Å²) in [5.41, 5.74) is 2.71. The van der Waals surface area contributed by atoms with Gasteiger partial charge in [-0.1, -0.05) is 6.07 Å². The minimum Gasteiger partial charge on any atom is -0.496 e. The van der Waals surface area contributed by atoms with E-state index >= 15 is 0 Å². The summed E-state index contributed by atoms with van der Waals surface area (Å²) < 4.78 is 12.3. The van der Waals surface area contributed by atoms with Gasteiger partial charge in [0, 0.05) is 56.1 Å². The van der Waals surface area contributed by atoms with Gasteiger partial charge in [0.15, 0.2) is 0 Å². The second-order valence-corrected chi connectivity index (χ2v) is 7.59. The van der Waals surface area contributed by atoms with Crippen LogP contribution in [0, 0.1) is 6.92 Å². The summed E-state index contributed by atoms with van der Waals surface area (Å²) in [6, 6.07) is 10.6. The van der Waals surface area contributed by atoms with E-state index in [1.165, 1.54) is 4.40 Å². The van der Waals surface area contributed by atoms with Crippen LogP contribution in [0.15, 0.2) is 47.4 Å². The Morgan fingerprint density at radius 1 is 1.03 bits per heavy atom. The molecule has 0 bridgehead atoms. The Bertz CT molecular complexity index is 1140.